The Labute approximate surface area is 128 Å². The quantitative estimate of drug-likeness (QED) is 0.662. The average Bonchev–Trinajstić information content (AvgIpc) is 2.49. The summed E-state index contributed by atoms with van der Waals surface area (Å²) in [7, 11) is 0. The summed E-state index contributed by atoms with van der Waals surface area (Å²) < 4.78 is 0. The lowest BCUT2D eigenvalue weighted by Gasteiger charge is -2.05. The summed E-state index contributed by atoms with van der Waals surface area (Å²) in [5, 5.41) is 4.05. The first-order valence-electron chi connectivity index (χ1n) is 6.92. The van der Waals surface area contributed by atoms with Crippen LogP contribution in [0.25, 0.3) is 0 Å². The molecule has 0 bridgehead atoms. The molecule has 0 aliphatic heterocycles. The molecule has 1 amide bonds. The van der Waals surface area contributed by atoms with Gasteiger partial charge >= 0.3 is 0 Å². The second-order valence-corrected chi connectivity index (χ2v) is 4.99. The number of amides is 1. The summed E-state index contributed by atoms with van der Waals surface area (Å²) in [6.07, 6.45) is -0.0555. The average molecular weight is 298 g/mol. The van der Waals surface area contributed by atoms with E-state index in [9.17, 15) is 9.59 Å². The van der Waals surface area contributed by atoms with E-state index in [1.54, 1.807) is 20.8 Å². The molecule has 0 unspecified atom stereocenters. The number of aromatic nitrogens is 2. The topological polar surface area (TPSA) is 87.2 Å². The van der Waals surface area contributed by atoms with Crippen molar-refractivity contribution in [3.63, 3.8) is 0 Å². The lowest BCUT2D eigenvalue weighted by molar-refractivity contribution is -0.120. The van der Waals surface area contributed by atoms with Gasteiger partial charge < -0.3 is 4.98 Å². The molecular formula is C16H18N4O2. The highest BCUT2D eigenvalue weighted by Gasteiger charge is 2.11. The van der Waals surface area contributed by atoms with Gasteiger partial charge in [-0.3, -0.25) is 9.59 Å². The van der Waals surface area contributed by atoms with Gasteiger partial charge in [-0.05, 0) is 26.3 Å². The predicted molar refractivity (Wildman–Crippen MR) is 84.8 cm³/mol. The first-order chi connectivity index (χ1) is 10.5. The second kappa shape index (κ2) is 6.80. The van der Waals surface area contributed by atoms with E-state index < -0.39 is 0 Å². The van der Waals surface area contributed by atoms with Gasteiger partial charge in [0.2, 0.25) is 5.91 Å². The van der Waals surface area contributed by atoms with Gasteiger partial charge in [0.25, 0.3) is 5.56 Å². The summed E-state index contributed by atoms with van der Waals surface area (Å²) in [6, 6.07) is 9.52. The molecule has 0 fully saturated rings. The van der Waals surface area contributed by atoms with Gasteiger partial charge in [0.05, 0.1) is 12.1 Å². The van der Waals surface area contributed by atoms with Crippen molar-refractivity contribution in [1.29, 1.82) is 0 Å². The van der Waals surface area contributed by atoms with Crippen LogP contribution in [0.1, 0.15) is 29.6 Å². The maximum atomic E-state index is 11.9. The van der Waals surface area contributed by atoms with Gasteiger partial charge in [-0.25, -0.2) is 10.4 Å². The van der Waals surface area contributed by atoms with Crippen molar-refractivity contribution in [2.45, 2.75) is 27.2 Å². The first-order valence-corrected chi connectivity index (χ1v) is 6.92. The summed E-state index contributed by atoms with van der Waals surface area (Å²) in [5.74, 6) is 0.180. The Kier molecular flexibility index (Phi) is 4.83. The standard InChI is InChI=1S/C16H18N4O2/c1-10(13-7-5-4-6-8-13)19-20-15(21)9-14-11(2)17-12(3)18-16(14)22/h4-8H,9H2,1-3H3,(H,20,21)(H,17,18,22). The number of aryl methyl sites for hydroxylation is 2. The van der Waals surface area contributed by atoms with E-state index in [0.29, 0.717) is 22.8 Å². The van der Waals surface area contributed by atoms with Crippen molar-refractivity contribution in [2.75, 3.05) is 0 Å². The molecular weight excluding hydrogens is 280 g/mol. The van der Waals surface area contributed by atoms with E-state index in [1.807, 2.05) is 30.3 Å². The normalized spacial score (nSPS) is 11.3. The van der Waals surface area contributed by atoms with Crippen LogP contribution in [0.3, 0.4) is 0 Å². The monoisotopic (exact) mass is 298 g/mol. The molecule has 6 nitrogen and oxygen atoms in total. The van der Waals surface area contributed by atoms with Crippen LogP contribution in [0.4, 0.5) is 0 Å². The van der Waals surface area contributed by atoms with E-state index in [-0.39, 0.29) is 17.9 Å². The lowest BCUT2D eigenvalue weighted by Crippen LogP contribution is -2.27. The molecule has 1 heterocycles. The number of nitrogens with zero attached hydrogens (tertiary/aromatic N) is 2. The van der Waals surface area contributed by atoms with Crippen LogP contribution in [-0.2, 0) is 11.2 Å². The molecule has 114 valence electrons. The number of hydrogen-bond donors (Lipinski definition) is 2. The largest absolute Gasteiger partial charge is 0.311 e. The van der Waals surface area contributed by atoms with Crippen molar-refractivity contribution in [3.05, 3.63) is 63.3 Å². The Bertz CT molecular complexity index is 763. The molecule has 0 aliphatic rings. The Morgan fingerprint density at radius 1 is 1.27 bits per heavy atom. The Balaban J connectivity index is 2.07. The number of rotatable bonds is 4. The fourth-order valence-corrected chi connectivity index (χ4v) is 2.05. The number of nitrogens with one attached hydrogen (secondary N) is 2. The van der Waals surface area contributed by atoms with Gasteiger partial charge in [-0.1, -0.05) is 30.3 Å². The Morgan fingerprint density at radius 2 is 1.95 bits per heavy atom. The third kappa shape index (κ3) is 3.88. The van der Waals surface area contributed by atoms with E-state index in [4.69, 9.17) is 0 Å². The van der Waals surface area contributed by atoms with E-state index in [1.165, 1.54) is 0 Å². The molecule has 2 N–H and O–H groups in total. The molecule has 2 aromatic rings. The van der Waals surface area contributed by atoms with E-state index in [2.05, 4.69) is 20.5 Å². The van der Waals surface area contributed by atoms with Gasteiger partial charge in [0.1, 0.15) is 5.82 Å². The molecule has 0 saturated carbocycles. The van der Waals surface area contributed by atoms with Crippen molar-refractivity contribution in [1.82, 2.24) is 15.4 Å². The molecule has 0 spiro atoms. The van der Waals surface area contributed by atoms with Crippen molar-refractivity contribution >= 4 is 11.6 Å². The SMILES string of the molecule is CC(=NNC(=O)Cc1c(C)nc(C)[nH]c1=O)c1ccccc1. The number of hydrogen-bond acceptors (Lipinski definition) is 4. The highest BCUT2D eigenvalue weighted by Crippen LogP contribution is 2.01. The summed E-state index contributed by atoms with van der Waals surface area (Å²) in [4.78, 5) is 30.5. The van der Waals surface area contributed by atoms with Crippen molar-refractivity contribution in [2.24, 2.45) is 5.10 Å². The minimum atomic E-state index is -0.352. The van der Waals surface area contributed by atoms with Crippen LogP contribution in [0.5, 0.6) is 0 Å². The fraction of sp³-hybridized carbons (Fsp3) is 0.250. The minimum absolute atomic E-state index is 0.0555. The maximum Gasteiger partial charge on any atom is 0.254 e. The zero-order valence-corrected chi connectivity index (χ0v) is 12.8. The number of hydrazone groups is 1. The van der Waals surface area contributed by atoms with Crippen LogP contribution < -0.4 is 11.0 Å². The van der Waals surface area contributed by atoms with Crippen LogP contribution in [-0.4, -0.2) is 21.6 Å². The lowest BCUT2D eigenvalue weighted by atomic mass is 10.1. The Hall–Kier alpha value is -2.76. The number of benzene rings is 1. The van der Waals surface area contributed by atoms with Gasteiger partial charge in [-0.15, -0.1) is 0 Å². The zero-order chi connectivity index (χ0) is 16.1. The zero-order valence-electron chi connectivity index (χ0n) is 12.8. The maximum absolute atomic E-state index is 11.9. The molecule has 6 heteroatoms. The number of carbonyl (C=O) groups is 1. The number of H-pyrrole nitrogens is 1. The molecule has 0 saturated heterocycles. The van der Waals surface area contributed by atoms with E-state index in [0.717, 1.165) is 5.56 Å². The minimum Gasteiger partial charge on any atom is -0.311 e. The third-order valence-electron chi connectivity index (χ3n) is 3.22. The highest BCUT2D eigenvalue weighted by molar-refractivity contribution is 5.99. The summed E-state index contributed by atoms with van der Waals surface area (Å²) >= 11 is 0. The molecule has 1 aromatic heterocycles. The molecule has 0 radical (unpaired) electrons. The van der Waals surface area contributed by atoms with Gasteiger partial charge in [0, 0.05) is 11.3 Å². The van der Waals surface area contributed by atoms with Gasteiger partial charge in [-0.2, -0.15) is 5.10 Å². The number of aromatic amines is 1. The molecule has 0 aliphatic carbocycles. The summed E-state index contributed by atoms with van der Waals surface area (Å²) in [5.41, 5.74) is 4.71. The first kappa shape index (κ1) is 15.6. The van der Waals surface area contributed by atoms with Crippen LogP contribution in [0, 0.1) is 13.8 Å². The fourth-order valence-electron chi connectivity index (χ4n) is 2.05. The number of carbonyl (C=O) groups excluding carboxylic acids is 1. The van der Waals surface area contributed by atoms with Crippen LogP contribution >= 0.6 is 0 Å². The predicted octanol–water partition coefficient (Wildman–Crippen LogP) is 1.47. The molecule has 2 rings (SSSR count). The van der Waals surface area contributed by atoms with Crippen molar-refractivity contribution < 1.29 is 4.79 Å². The smallest absolute Gasteiger partial charge is 0.254 e. The van der Waals surface area contributed by atoms with Crippen LogP contribution in [0.15, 0.2) is 40.2 Å². The van der Waals surface area contributed by atoms with E-state index >= 15 is 0 Å². The molecule has 22 heavy (non-hydrogen) atoms. The second-order valence-electron chi connectivity index (χ2n) is 4.99. The summed E-state index contributed by atoms with van der Waals surface area (Å²) in [6.45, 7) is 5.22. The third-order valence-corrected chi connectivity index (χ3v) is 3.22. The Morgan fingerprint density at radius 3 is 2.59 bits per heavy atom. The highest BCUT2D eigenvalue weighted by atomic mass is 16.2. The van der Waals surface area contributed by atoms with Crippen LogP contribution in [0.2, 0.25) is 0 Å². The van der Waals surface area contributed by atoms with Gasteiger partial charge in [0.15, 0.2) is 0 Å². The molecule has 0 atom stereocenters. The molecule has 1 aromatic carbocycles. The van der Waals surface area contributed by atoms with Crippen molar-refractivity contribution in [3.8, 4) is 0 Å².